The molecular weight excluding hydrogens is 405 g/mol. The second-order valence-electron chi connectivity index (χ2n) is 6.39. The quantitative estimate of drug-likeness (QED) is 0.336. The van der Waals surface area contributed by atoms with E-state index < -0.39 is 23.3 Å². The molecule has 0 amide bonds. The number of carbonyl (C=O) groups excluding carboxylic acids is 2. The van der Waals surface area contributed by atoms with Crippen molar-refractivity contribution in [2.75, 3.05) is 13.7 Å². The van der Waals surface area contributed by atoms with E-state index in [9.17, 15) is 24.2 Å². The highest BCUT2D eigenvalue weighted by atomic mass is 35.5. The number of hydrogen-bond acceptors (Lipinski definition) is 7. The van der Waals surface area contributed by atoms with Gasteiger partial charge in [0.05, 0.1) is 19.3 Å². The van der Waals surface area contributed by atoms with Crippen molar-refractivity contribution in [2.45, 2.75) is 24.8 Å². The molecule has 0 bridgehead atoms. The molecule has 2 rings (SSSR count). The van der Waals surface area contributed by atoms with Crippen LogP contribution in [0.1, 0.15) is 28.8 Å². The lowest BCUT2D eigenvalue weighted by Crippen LogP contribution is -2.50. The van der Waals surface area contributed by atoms with Crippen LogP contribution in [0.2, 0.25) is 0 Å². The van der Waals surface area contributed by atoms with Crippen LogP contribution in [0.4, 0.5) is 4.39 Å². The van der Waals surface area contributed by atoms with E-state index in [1.54, 1.807) is 0 Å². The van der Waals surface area contributed by atoms with Gasteiger partial charge in [0, 0.05) is 6.42 Å². The van der Waals surface area contributed by atoms with E-state index in [2.05, 4.69) is 0 Å². The fraction of sp³-hybridized carbons (Fsp3) is 0.300. The van der Waals surface area contributed by atoms with Crippen LogP contribution >= 0.6 is 12.4 Å². The maximum absolute atomic E-state index is 12.9. The zero-order chi connectivity index (χ0) is 20.7. The third kappa shape index (κ3) is 6.62. The second-order valence-corrected chi connectivity index (χ2v) is 6.39. The standard InChI is InChI=1S/C20H22FNO6.ClH/c1-27-19(26)20(22,12-13-3-8-16(23)17(24)11-13)9-2-10-28-18(25)14-4-6-15(21)7-5-14;/h3-8,11,23-24H,2,9-10,12,22H2,1H3;1H/t20-;/m0./s1. The molecule has 0 unspecified atom stereocenters. The number of benzene rings is 2. The van der Waals surface area contributed by atoms with Crippen LogP contribution in [0.25, 0.3) is 0 Å². The number of halogens is 2. The first-order valence-corrected chi connectivity index (χ1v) is 8.56. The SMILES string of the molecule is COC(=O)[C@](N)(CCCOC(=O)c1ccc(F)cc1)Cc1ccc(O)c(O)c1.Cl. The maximum atomic E-state index is 12.9. The molecule has 9 heteroatoms. The highest BCUT2D eigenvalue weighted by Gasteiger charge is 2.35. The molecule has 0 aliphatic carbocycles. The molecule has 29 heavy (non-hydrogen) atoms. The Morgan fingerprint density at radius 3 is 2.34 bits per heavy atom. The predicted molar refractivity (Wildman–Crippen MR) is 106 cm³/mol. The van der Waals surface area contributed by atoms with Gasteiger partial charge < -0.3 is 25.4 Å². The number of phenols is 2. The zero-order valence-corrected chi connectivity index (χ0v) is 16.6. The van der Waals surface area contributed by atoms with Gasteiger partial charge in [-0.25, -0.2) is 9.18 Å². The minimum atomic E-state index is -1.40. The average Bonchev–Trinajstić information content (AvgIpc) is 2.68. The molecule has 2 aromatic rings. The zero-order valence-electron chi connectivity index (χ0n) is 15.8. The lowest BCUT2D eigenvalue weighted by atomic mass is 9.87. The minimum absolute atomic E-state index is 0. The maximum Gasteiger partial charge on any atom is 0.338 e. The number of esters is 2. The molecule has 0 aliphatic heterocycles. The van der Waals surface area contributed by atoms with Crippen molar-refractivity contribution in [3.63, 3.8) is 0 Å². The van der Waals surface area contributed by atoms with Gasteiger partial charge in [0.1, 0.15) is 11.4 Å². The van der Waals surface area contributed by atoms with Gasteiger partial charge in [0.2, 0.25) is 0 Å². The molecule has 4 N–H and O–H groups in total. The minimum Gasteiger partial charge on any atom is -0.504 e. The molecule has 0 saturated heterocycles. The first-order chi connectivity index (χ1) is 13.2. The summed E-state index contributed by atoms with van der Waals surface area (Å²) in [5.41, 5.74) is 5.56. The number of methoxy groups -OCH3 is 1. The second kappa shape index (κ2) is 10.6. The number of nitrogens with two attached hydrogens (primary N) is 1. The smallest absolute Gasteiger partial charge is 0.338 e. The molecule has 0 aliphatic rings. The number of hydrogen-bond donors (Lipinski definition) is 3. The van der Waals surface area contributed by atoms with E-state index in [1.807, 2.05) is 0 Å². The van der Waals surface area contributed by atoms with Crippen LogP contribution in [0.5, 0.6) is 11.5 Å². The van der Waals surface area contributed by atoms with Crippen LogP contribution in [0.3, 0.4) is 0 Å². The third-order valence-electron chi connectivity index (χ3n) is 4.23. The Balaban J connectivity index is 0.00000420. The van der Waals surface area contributed by atoms with Crippen molar-refractivity contribution in [1.29, 1.82) is 0 Å². The van der Waals surface area contributed by atoms with Gasteiger partial charge in [0.15, 0.2) is 11.5 Å². The lowest BCUT2D eigenvalue weighted by molar-refractivity contribution is -0.147. The molecule has 0 spiro atoms. The highest BCUT2D eigenvalue weighted by molar-refractivity contribution is 5.89. The Morgan fingerprint density at radius 1 is 1.10 bits per heavy atom. The van der Waals surface area contributed by atoms with Crippen molar-refractivity contribution < 1.29 is 33.7 Å². The fourth-order valence-electron chi connectivity index (χ4n) is 2.73. The van der Waals surface area contributed by atoms with Crippen molar-refractivity contribution in [3.05, 3.63) is 59.4 Å². The number of ether oxygens (including phenoxy) is 2. The summed E-state index contributed by atoms with van der Waals surface area (Å²) in [5, 5.41) is 19.0. The van der Waals surface area contributed by atoms with Gasteiger partial charge >= 0.3 is 11.9 Å². The largest absolute Gasteiger partial charge is 0.504 e. The fourth-order valence-corrected chi connectivity index (χ4v) is 2.73. The molecule has 1 atom stereocenters. The van der Waals surface area contributed by atoms with Crippen molar-refractivity contribution in [3.8, 4) is 11.5 Å². The number of rotatable bonds is 8. The Hall–Kier alpha value is -2.84. The molecule has 0 fully saturated rings. The lowest BCUT2D eigenvalue weighted by Gasteiger charge is -2.26. The number of phenolic OH excluding ortho intramolecular Hbond substituents is 2. The average molecular weight is 428 g/mol. The molecule has 0 saturated carbocycles. The van der Waals surface area contributed by atoms with Crippen LogP contribution in [0.15, 0.2) is 42.5 Å². The van der Waals surface area contributed by atoms with E-state index in [4.69, 9.17) is 15.2 Å². The normalized spacial score (nSPS) is 12.4. The number of carbonyl (C=O) groups is 2. The summed E-state index contributed by atoms with van der Waals surface area (Å²) in [5.74, 6) is -2.31. The Bertz CT molecular complexity index is 845. The summed E-state index contributed by atoms with van der Waals surface area (Å²) in [4.78, 5) is 24.1. The molecule has 0 heterocycles. The first-order valence-electron chi connectivity index (χ1n) is 8.56. The van der Waals surface area contributed by atoms with Crippen LogP contribution in [-0.4, -0.2) is 41.4 Å². The molecule has 0 aromatic heterocycles. The van der Waals surface area contributed by atoms with E-state index in [0.29, 0.717) is 5.56 Å². The van der Waals surface area contributed by atoms with Crippen LogP contribution < -0.4 is 5.73 Å². The van der Waals surface area contributed by atoms with Crippen molar-refractivity contribution >= 4 is 24.3 Å². The predicted octanol–water partition coefficient (Wildman–Crippen LogP) is 2.71. The summed E-state index contributed by atoms with van der Waals surface area (Å²) in [6, 6.07) is 9.10. The van der Waals surface area contributed by atoms with E-state index in [-0.39, 0.29) is 55.3 Å². The Kier molecular flexibility index (Phi) is 8.87. The Labute approximate surface area is 173 Å². The van der Waals surface area contributed by atoms with Crippen LogP contribution in [0, 0.1) is 5.82 Å². The summed E-state index contributed by atoms with van der Waals surface area (Å²) in [7, 11) is 1.22. The molecule has 0 radical (unpaired) electrons. The van der Waals surface area contributed by atoms with Gasteiger partial charge in [-0.1, -0.05) is 6.07 Å². The van der Waals surface area contributed by atoms with E-state index in [0.717, 1.165) is 12.1 Å². The molecule has 2 aromatic carbocycles. The monoisotopic (exact) mass is 427 g/mol. The van der Waals surface area contributed by atoms with E-state index in [1.165, 1.54) is 37.4 Å². The van der Waals surface area contributed by atoms with Gasteiger partial charge in [-0.05, 0) is 54.8 Å². The number of aromatic hydroxyl groups is 2. The van der Waals surface area contributed by atoms with Gasteiger partial charge in [0.25, 0.3) is 0 Å². The molecular formula is C20H23ClFNO6. The molecule has 158 valence electrons. The Morgan fingerprint density at radius 2 is 1.76 bits per heavy atom. The summed E-state index contributed by atoms with van der Waals surface area (Å²) >= 11 is 0. The molecule has 7 nitrogen and oxygen atoms in total. The summed E-state index contributed by atoms with van der Waals surface area (Å²) in [6.07, 6.45) is 0.486. The summed E-state index contributed by atoms with van der Waals surface area (Å²) in [6.45, 7) is 0.00693. The topological polar surface area (TPSA) is 119 Å². The summed E-state index contributed by atoms with van der Waals surface area (Å²) < 4.78 is 22.8. The van der Waals surface area contributed by atoms with Gasteiger partial charge in [-0.15, -0.1) is 12.4 Å². The van der Waals surface area contributed by atoms with Gasteiger partial charge in [-0.2, -0.15) is 0 Å². The highest BCUT2D eigenvalue weighted by Crippen LogP contribution is 2.27. The van der Waals surface area contributed by atoms with Crippen LogP contribution in [-0.2, 0) is 20.7 Å². The van der Waals surface area contributed by atoms with Crippen molar-refractivity contribution in [2.24, 2.45) is 5.73 Å². The van der Waals surface area contributed by atoms with Gasteiger partial charge in [-0.3, -0.25) is 4.79 Å². The van der Waals surface area contributed by atoms with E-state index >= 15 is 0 Å². The third-order valence-corrected chi connectivity index (χ3v) is 4.23. The first kappa shape index (κ1) is 24.2. The van der Waals surface area contributed by atoms with Crippen molar-refractivity contribution in [1.82, 2.24) is 0 Å².